The Morgan fingerprint density at radius 2 is 2.00 bits per heavy atom. The Balaban J connectivity index is 2.46. The van der Waals surface area contributed by atoms with Crippen molar-refractivity contribution in [2.45, 2.75) is 45.6 Å². The lowest BCUT2D eigenvalue weighted by Gasteiger charge is -2.40. The van der Waals surface area contributed by atoms with Gasteiger partial charge < -0.3 is 15.7 Å². The van der Waals surface area contributed by atoms with Crippen molar-refractivity contribution in [2.24, 2.45) is 11.1 Å². The first-order valence-electron chi connectivity index (χ1n) is 6.04. The number of hydrogen-bond donors (Lipinski definition) is 2. The van der Waals surface area contributed by atoms with Gasteiger partial charge in [0.25, 0.3) is 0 Å². The number of carbonyl (C=O) groups is 1. The van der Waals surface area contributed by atoms with Crippen LogP contribution in [-0.4, -0.2) is 41.1 Å². The summed E-state index contributed by atoms with van der Waals surface area (Å²) < 4.78 is 0. The van der Waals surface area contributed by atoms with Gasteiger partial charge in [-0.1, -0.05) is 20.3 Å². The topological polar surface area (TPSA) is 66.6 Å². The van der Waals surface area contributed by atoms with Crippen molar-refractivity contribution >= 4 is 5.97 Å². The molecule has 0 aliphatic carbocycles. The predicted molar refractivity (Wildman–Crippen MR) is 64.3 cm³/mol. The third-order valence-corrected chi connectivity index (χ3v) is 3.96. The number of carboxylic acids is 1. The van der Waals surface area contributed by atoms with Crippen molar-refractivity contribution in [3.8, 4) is 0 Å². The van der Waals surface area contributed by atoms with Crippen molar-refractivity contribution in [1.29, 1.82) is 0 Å². The number of carboxylic acid groups (broad SMARTS) is 1. The molecule has 3 N–H and O–H groups in total. The fourth-order valence-electron chi connectivity index (χ4n) is 2.14. The molecule has 4 heteroatoms. The zero-order valence-electron chi connectivity index (χ0n) is 10.6. The Morgan fingerprint density at radius 1 is 1.50 bits per heavy atom. The molecule has 4 nitrogen and oxygen atoms in total. The number of likely N-dealkylation sites (tertiary alicyclic amines) is 1. The molecule has 0 bridgehead atoms. The van der Waals surface area contributed by atoms with Gasteiger partial charge in [0.05, 0.1) is 0 Å². The Labute approximate surface area is 97.8 Å². The predicted octanol–water partition coefficient (Wildman–Crippen LogP) is 1.30. The quantitative estimate of drug-likeness (QED) is 0.761. The molecule has 1 atom stereocenters. The minimum absolute atomic E-state index is 0.435. The number of hydrogen-bond acceptors (Lipinski definition) is 3. The summed E-state index contributed by atoms with van der Waals surface area (Å²) in [5, 5.41) is 8.97. The van der Waals surface area contributed by atoms with Crippen LogP contribution in [0.4, 0.5) is 0 Å². The van der Waals surface area contributed by atoms with Gasteiger partial charge in [0.1, 0.15) is 5.54 Å². The minimum atomic E-state index is -1.13. The van der Waals surface area contributed by atoms with Crippen molar-refractivity contribution in [2.75, 3.05) is 19.6 Å². The monoisotopic (exact) mass is 228 g/mol. The molecule has 1 saturated heterocycles. The lowest BCUT2D eigenvalue weighted by Crippen LogP contribution is -2.55. The van der Waals surface area contributed by atoms with Crippen LogP contribution in [0.5, 0.6) is 0 Å². The number of aliphatic carboxylic acids is 1. The van der Waals surface area contributed by atoms with E-state index in [2.05, 4.69) is 18.7 Å². The number of nitrogens with zero attached hydrogens (tertiary/aromatic N) is 1. The molecule has 0 saturated carbocycles. The molecule has 1 aliphatic rings. The summed E-state index contributed by atoms with van der Waals surface area (Å²) >= 11 is 0. The zero-order chi connectivity index (χ0) is 12.4. The summed E-state index contributed by atoms with van der Waals surface area (Å²) in [6.45, 7) is 8.49. The fourth-order valence-corrected chi connectivity index (χ4v) is 2.14. The maximum atomic E-state index is 10.9. The van der Waals surface area contributed by atoms with Gasteiger partial charge in [-0.25, -0.2) is 0 Å². The highest BCUT2D eigenvalue weighted by Gasteiger charge is 2.34. The summed E-state index contributed by atoms with van der Waals surface area (Å²) in [7, 11) is 0. The van der Waals surface area contributed by atoms with E-state index < -0.39 is 11.5 Å². The summed E-state index contributed by atoms with van der Waals surface area (Å²) in [6.07, 6.45) is 3.47. The van der Waals surface area contributed by atoms with Gasteiger partial charge >= 0.3 is 5.97 Å². The molecule has 0 spiro atoms. The smallest absolute Gasteiger partial charge is 0.324 e. The summed E-state index contributed by atoms with van der Waals surface area (Å²) in [5.74, 6) is -0.920. The first-order valence-corrected chi connectivity index (χ1v) is 6.04. The molecule has 1 rings (SSSR count). The van der Waals surface area contributed by atoms with Gasteiger partial charge in [0, 0.05) is 6.54 Å². The fraction of sp³-hybridized carbons (Fsp3) is 0.917. The van der Waals surface area contributed by atoms with Gasteiger partial charge in [-0.3, -0.25) is 4.79 Å². The molecule has 1 unspecified atom stereocenters. The van der Waals surface area contributed by atoms with Crippen LogP contribution in [0.15, 0.2) is 0 Å². The van der Waals surface area contributed by atoms with Crippen molar-refractivity contribution in [1.82, 2.24) is 4.90 Å². The second-order valence-electron chi connectivity index (χ2n) is 5.66. The molecule has 1 fully saturated rings. The zero-order valence-corrected chi connectivity index (χ0v) is 10.6. The van der Waals surface area contributed by atoms with Crippen LogP contribution in [-0.2, 0) is 4.79 Å². The van der Waals surface area contributed by atoms with Gasteiger partial charge in [0.15, 0.2) is 0 Å². The van der Waals surface area contributed by atoms with Crippen LogP contribution in [0.25, 0.3) is 0 Å². The van der Waals surface area contributed by atoms with Crippen molar-refractivity contribution < 1.29 is 9.90 Å². The lowest BCUT2D eigenvalue weighted by atomic mass is 9.78. The van der Waals surface area contributed by atoms with E-state index >= 15 is 0 Å². The molecule has 0 amide bonds. The van der Waals surface area contributed by atoms with E-state index in [0.29, 0.717) is 12.0 Å². The largest absolute Gasteiger partial charge is 0.480 e. The van der Waals surface area contributed by atoms with Crippen LogP contribution < -0.4 is 5.73 Å². The normalized spacial score (nSPS) is 25.0. The minimum Gasteiger partial charge on any atom is -0.480 e. The van der Waals surface area contributed by atoms with E-state index in [9.17, 15) is 4.79 Å². The summed E-state index contributed by atoms with van der Waals surface area (Å²) in [4.78, 5) is 13.1. The SMILES string of the molecule is CCC1(C)CCN(CC(C)(N)C(=O)O)CC1. The molecule has 0 radical (unpaired) electrons. The first-order chi connectivity index (χ1) is 7.29. The highest BCUT2D eigenvalue weighted by molar-refractivity contribution is 5.78. The first kappa shape index (κ1) is 13.5. The van der Waals surface area contributed by atoms with E-state index in [-0.39, 0.29) is 0 Å². The summed E-state index contributed by atoms with van der Waals surface area (Å²) in [5.41, 5.74) is 5.06. The molecule has 16 heavy (non-hydrogen) atoms. The maximum Gasteiger partial charge on any atom is 0.324 e. The van der Waals surface area contributed by atoms with E-state index in [1.54, 1.807) is 6.92 Å². The van der Waals surface area contributed by atoms with Crippen LogP contribution in [0, 0.1) is 5.41 Å². The highest BCUT2D eigenvalue weighted by Crippen LogP contribution is 2.34. The van der Waals surface area contributed by atoms with Gasteiger partial charge in [-0.15, -0.1) is 0 Å². The Morgan fingerprint density at radius 3 is 2.38 bits per heavy atom. The third kappa shape index (κ3) is 3.19. The van der Waals surface area contributed by atoms with Gasteiger partial charge in [0.2, 0.25) is 0 Å². The summed E-state index contributed by atoms with van der Waals surface area (Å²) in [6, 6.07) is 0. The molecule has 1 aliphatic heterocycles. The van der Waals surface area contributed by atoms with Crippen LogP contribution in [0.1, 0.15) is 40.0 Å². The Hall–Kier alpha value is -0.610. The standard InChI is InChI=1S/C12H24N2O2/c1-4-11(2)5-7-14(8-6-11)9-12(3,13)10(15)16/h4-9,13H2,1-3H3,(H,15,16). The number of piperidine rings is 1. The maximum absolute atomic E-state index is 10.9. The van der Waals surface area contributed by atoms with Crippen LogP contribution in [0.2, 0.25) is 0 Å². The molecule has 0 aromatic carbocycles. The number of rotatable bonds is 4. The van der Waals surface area contributed by atoms with Crippen molar-refractivity contribution in [3.05, 3.63) is 0 Å². The van der Waals surface area contributed by atoms with Crippen LogP contribution in [0.3, 0.4) is 0 Å². The molecular weight excluding hydrogens is 204 g/mol. The van der Waals surface area contributed by atoms with E-state index in [1.807, 2.05) is 0 Å². The van der Waals surface area contributed by atoms with Crippen LogP contribution >= 0.6 is 0 Å². The van der Waals surface area contributed by atoms with E-state index in [1.165, 1.54) is 6.42 Å². The molecule has 0 aromatic rings. The average molecular weight is 228 g/mol. The van der Waals surface area contributed by atoms with Gasteiger partial charge in [-0.2, -0.15) is 0 Å². The average Bonchev–Trinajstić information content (AvgIpc) is 2.21. The molecule has 0 aromatic heterocycles. The van der Waals surface area contributed by atoms with E-state index in [4.69, 9.17) is 10.8 Å². The second-order valence-corrected chi connectivity index (χ2v) is 5.66. The molecule has 94 valence electrons. The molecular formula is C12H24N2O2. The lowest BCUT2D eigenvalue weighted by molar-refractivity contribution is -0.143. The van der Waals surface area contributed by atoms with Crippen molar-refractivity contribution in [3.63, 3.8) is 0 Å². The number of nitrogens with two attached hydrogens (primary N) is 1. The van der Waals surface area contributed by atoms with Gasteiger partial charge in [-0.05, 0) is 38.3 Å². The van der Waals surface area contributed by atoms with E-state index in [0.717, 1.165) is 25.9 Å². The Bertz CT molecular complexity index is 256. The highest BCUT2D eigenvalue weighted by atomic mass is 16.4. The molecule has 1 heterocycles. The second kappa shape index (κ2) is 4.72. The Kier molecular flexibility index (Phi) is 3.97. The third-order valence-electron chi connectivity index (χ3n) is 3.96.